The Balaban J connectivity index is 2.26. The van der Waals surface area contributed by atoms with Gasteiger partial charge < -0.3 is 21.5 Å². The first kappa shape index (κ1) is 11.8. The lowest BCUT2D eigenvalue weighted by atomic mass is 10.1. The number of carbonyl (C=O) groups is 2. The van der Waals surface area contributed by atoms with Crippen LogP contribution in [-0.2, 0) is 4.79 Å². The van der Waals surface area contributed by atoms with Gasteiger partial charge in [-0.3, -0.25) is 4.79 Å². The van der Waals surface area contributed by atoms with Crippen molar-refractivity contribution in [3.05, 3.63) is 0 Å². The molecular formula is C9H17N3O3. The molecule has 0 saturated heterocycles. The van der Waals surface area contributed by atoms with Crippen molar-refractivity contribution in [3.63, 3.8) is 0 Å². The summed E-state index contributed by atoms with van der Waals surface area (Å²) in [6, 6.07) is -1.36. The molecule has 0 spiro atoms. The van der Waals surface area contributed by atoms with Crippen LogP contribution < -0.4 is 16.4 Å². The highest BCUT2D eigenvalue weighted by Crippen LogP contribution is 2.44. The number of aliphatic hydroxyl groups is 1. The molecular weight excluding hydrogens is 198 g/mol. The Morgan fingerprint density at radius 2 is 2.13 bits per heavy atom. The SMILES string of the molecule is CC(NC(N)=O)C(=O)NCC1(CO)CC1. The van der Waals surface area contributed by atoms with E-state index in [4.69, 9.17) is 10.8 Å². The maximum absolute atomic E-state index is 11.4. The van der Waals surface area contributed by atoms with Gasteiger partial charge in [0.2, 0.25) is 5.91 Å². The lowest BCUT2D eigenvalue weighted by Crippen LogP contribution is -2.48. The number of hydrogen-bond donors (Lipinski definition) is 4. The third-order valence-electron chi connectivity index (χ3n) is 2.68. The number of primary amides is 1. The molecule has 3 amide bonds. The van der Waals surface area contributed by atoms with Crippen molar-refractivity contribution in [3.8, 4) is 0 Å². The van der Waals surface area contributed by atoms with Gasteiger partial charge in [-0.05, 0) is 19.8 Å². The van der Waals surface area contributed by atoms with Gasteiger partial charge in [-0.25, -0.2) is 4.79 Å². The van der Waals surface area contributed by atoms with Gasteiger partial charge in [-0.2, -0.15) is 0 Å². The maximum Gasteiger partial charge on any atom is 0.312 e. The van der Waals surface area contributed by atoms with Crippen LogP contribution >= 0.6 is 0 Å². The summed E-state index contributed by atoms with van der Waals surface area (Å²) in [6.45, 7) is 2.09. The van der Waals surface area contributed by atoms with E-state index in [9.17, 15) is 9.59 Å². The van der Waals surface area contributed by atoms with Crippen molar-refractivity contribution in [1.82, 2.24) is 10.6 Å². The molecule has 15 heavy (non-hydrogen) atoms. The van der Waals surface area contributed by atoms with Crippen LogP contribution in [0.3, 0.4) is 0 Å². The van der Waals surface area contributed by atoms with Crippen molar-refractivity contribution in [1.29, 1.82) is 0 Å². The average molecular weight is 215 g/mol. The second kappa shape index (κ2) is 4.48. The third-order valence-corrected chi connectivity index (χ3v) is 2.68. The first-order valence-electron chi connectivity index (χ1n) is 4.94. The molecule has 0 bridgehead atoms. The van der Waals surface area contributed by atoms with Crippen molar-refractivity contribution in [2.75, 3.05) is 13.2 Å². The minimum atomic E-state index is -0.721. The Labute approximate surface area is 88.2 Å². The van der Waals surface area contributed by atoms with E-state index in [0.29, 0.717) is 6.54 Å². The molecule has 0 aromatic heterocycles. The zero-order valence-corrected chi connectivity index (χ0v) is 8.75. The maximum atomic E-state index is 11.4. The van der Waals surface area contributed by atoms with Crippen LogP contribution in [0.1, 0.15) is 19.8 Å². The van der Waals surface area contributed by atoms with E-state index in [1.165, 1.54) is 0 Å². The van der Waals surface area contributed by atoms with E-state index in [1.54, 1.807) is 6.92 Å². The van der Waals surface area contributed by atoms with Gasteiger partial charge in [0.25, 0.3) is 0 Å². The molecule has 0 aliphatic heterocycles. The number of carbonyl (C=O) groups excluding carboxylic acids is 2. The Morgan fingerprint density at radius 1 is 1.53 bits per heavy atom. The Bertz CT molecular complexity index is 263. The fourth-order valence-electron chi connectivity index (χ4n) is 1.27. The first-order chi connectivity index (χ1) is 6.99. The normalized spacial score (nSPS) is 19.1. The number of urea groups is 1. The van der Waals surface area contributed by atoms with E-state index in [0.717, 1.165) is 12.8 Å². The molecule has 5 N–H and O–H groups in total. The van der Waals surface area contributed by atoms with E-state index in [2.05, 4.69) is 10.6 Å². The molecule has 86 valence electrons. The molecule has 0 radical (unpaired) electrons. The first-order valence-corrected chi connectivity index (χ1v) is 4.94. The van der Waals surface area contributed by atoms with Crippen molar-refractivity contribution >= 4 is 11.9 Å². The number of nitrogens with one attached hydrogen (secondary N) is 2. The monoisotopic (exact) mass is 215 g/mol. The van der Waals surface area contributed by atoms with Crippen LogP contribution in [0, 0.1) is 5.41 Å². The molecule has 1 atom stereocenters. The second-order valence-corrected chi connectivity index (χ2v) is 4.11. The third kappa shape index (κ3) is 3.39. The minimum absolute atomic E-state index is 0.0882. The van der Waals surface area contributed by atoms with E-state index < -0.39 is 12.1 Å². The molecule has 0 aromatic carbocycles. The quantitative estimate of drug-likeness (QED) is 0.469. The highest BCUT2D eigenvalue weighted by atomic mass is 16.3. The van der Waals surface area contributed by atoms with E-state index in [1.807, 2.05) is 0 Å². The summed E-state index contributed by atoms with van der Waals surface area (Å²) in [5.74, 6) is -0.284. The van der Waals surface area contributed by atoms with E-state index >= 15 is 0 Å². The molecule has 1 saturated carbocycles. The van der Waals surface area contributed by atoms with Crippen LogP contribution in [-0.4, -0.2) is 36.2 Å². The molecule has 6 heteroatoms. The summed E-state index contributed by atoms with van der Waals surface area (Å²) in [4.78, 5) is 21.9. The zero-order chi connectivity index (χ0) is 11.5. The largest absolute Gasteiger partial charge is 0.396 e. The molecule has 1 aliphatic rings. The highest BCUT2D eigenvalue weighted by molar-refractivity contribution is 5.86. The summed E-state index contributed by atoms with van der Waals surface area (Å²) >= 11 is 0. The Morgan fingerprint density at radius 3 is 2.53 bits per heavy atom. The fourth-order valence-corrected chi connectivity index (χ4v) is 1.27. The van der Waals surface area contributed by atoms with Gasteiger partial charge in [0, 0.05) is 12.0 Å². The standard InChI is InChI=1S/C9H17N3O3/c1-6(12-8(10)15)7(14)11-4-9(5-13)2-3-9/h6,13H,2-5H2,1H3,(H,11,14)(H3,10,12,15). The number of hydrogen-bond acceptors (Lipinski definition) is 3. The minimum Gasteiger partial charge on any atom is -0.396 e. The molecule has 0 heterocycles. The summed E-state index contributed by atoms with van der Waals surface area (Å²) in [7, 11) is 0. The van der Waals surface area contributed by atoms with Crippen LogP contribution in [0.4, 0.5) is 4.79 Å². The fraction of sp³-hybridized carbons (Fsp3) is 0.778. The summed E-state index contributed by atoms with van der Waals surface area (Å²) in [5, 5.41) is 14.0. The van der Waals surface area contributed by atoms with E-state index in [-0.39, 0.29) is 17.9 Å². The lowest BCUT2D eigenvalue weighted by Gasteiger charge is -2.16. The van der Waals surface area contributed by atoms with Crippen LogP contribution in [0.25, 0.3) is 0 Å². The average Bonchev–Trinajstić information content (AvgIpc) is 2.94. The van der Waals surface area contributed by atoms with Gasteiger partial charge in [0.1, 0.15) is 6.04 Å². The number of rotatable bonds is 5. The van der Waals surface area contributed by atoms with Gasteiger partial charge in [0.15, 0.2) is 0 Å². The van der Waals surface area contributed by atoms with Gasteiger partial charge >= 0.3 is 6.03 Å². The topological polar surface area (TPSA) is 104 Å². The van der Waals surface area contributed by atoms with Crippen LogP contribution in [0.5, 0.6) is 0 Å². The molecule has 1 fully saturated rings. The predicted octanol–water partition coefficient (Wildman–Crippen LogP) is -1.07. The second-order valence-electron chi connectivity index (χ2n) is 4.11. The van der Waals surface area contributed by atoms with Gasteiger partial charge in [-0.1, -0.05) is 0 Å². The number of nitrogens with two attached hydrogens (primary N) is 1. The van der Waals surface area contributed by atoms with Crippen molar-refractivity contribution in [2.24, 2.45) is 11.1 Å². The zero-order valence-electron chi connectivity index (χ0n) is 8.75. The van der Waals surface area contributed by atoms with Crippen LogP contribution in [0.15, 0.2) is 0 Å². The molecule has 1 unspecified atom stereocenters. The molecule has 0 aromatic rings. The summed E-state index contributed by atoms with van der Waals surface area (Å²) in [6.07, 6.45) is 1.86. The Kier molecular flexibility index (Phi) is 3.52. The summed E-state index contributed by atoms with van der Waals surface area (Å²) < 4.78 is 0. The van der Waals surface area contributed by atoms with Crippen molar-refractivity contribution < 1.29 is 14.7 Å². The van der Waals surface area contributed by atoms with Gasteiger partial charge in [-0.15, -0.1) is 0 Å². The molecule has 1 aliphatic carbocycles. The van der Waals surface area contributed by atoms with Crippen LogP contribution in [0.2, 0.25) is 0 Å². The van der Waals surface area contributed by atoms with Crippen molar-refractivity contribution in [2.45, 2.75) is 25.8 Å². The lowest BCUT2D eigenvalue weighted by molar-refractivity contribution is -0.122. The highest BCUT2D eigenvalue weighted by Gasteiger charge is 2.42. The Hall–Kier alpha value is -1.30. The molecule has 6 nitrogen and oxygen atoms in total. The summed E-state index contributed by atoms with van der Waals surface area (Å²) in [5.41, 5.74) is 4.76. The molecule has 1 rings (SSSR count). The smallest absolute Gasteiger partial charge is 0.312 e. The predicted molar refractivity (Wildman–Crippen MR) is 53.9 cm³/mol. The number of amides is 3. The number of aliphatic hydroxyl groups excluding tert-OH is 1. The van der Waals surface area contributed by atoms with Gasteiger partial charge in [0.05, 0.1) is 6.61 Å².